The predicted octanol–water partition coefficient (Wildman–Crippen LogP) is 1.06. The largest absolute Gasteiger partial charge is 0.394 e. The van der Waals surface area contributed by atoms with Gasteiger partial charge in [-0.25, -0.2) is 8.78 Å². The lowest BCUT2D eigenvalue weighted by molar-refractivity contribution is 0.0937. The molecular weight excluding hydrogens is 216 g/mol. The maximum absolute atomic E-state index is 13.1. The van der Waals surface area contributed by atoms with Crippen LogP contribution in [0, 0.1) is 11.6 Å². The number of hydrogen-bond donors (Lipinski definition) is 2. The van der Waals surface area contributed by atoms with Gasteiger partial charge in [0.2, 0.25) is 0 Å². The van der Waals surface area contributed by atoms with E-state index in [1.807, 2.05) is 0 Å². The molecule has 0 saturated carbocycles. The highest BCUT2D eigenvalue weighted by atomic mass is 19.1. The third-order valence-corrected chi connectivity index (χ3v) is 1.98. The van der Waals surface area contributed by atoms with Crippen molar-refractivity contribution in [2.24, 2.45) is 0 Å². The quantitative estimate of drug-likeness (QED) is 0.689. The van der Waals surface area contributed by atoms with Crippen LogP contribution in [0.3, 0.4) is 0 Å². The average molecular weight is 231 g/mol. The molecule has 1 aromatic carbocycles. The van der Waals surface area contributed by atoms with Gasteiger partial charge in [-0.2, -0.15) is 0 Å². The molecule has 0 atom stereocenters. The van der Waals surface area contributed by atoms with Crippen LogP contribution >= 0.6 is 0 Å². The van der Waals surface area contributed by atoms with Crippen molar-refractivity contribution < 1.29 is 18.6 Å². The fraction of sp³-hybridized carbons (Fsp3) is 0.455. The number of aliphatic hydroxyl groups excluding tert-OH is 1. The summed E-state index contributed by atoms with van der Waals surface area (Å²) in [6.45, 7) is 1.48. The van der Waals surface area contributed by atoms with E-state index < -0.39 is 11.6 Å². The highest BCUT2D eigenvalue weighted by molar-refractivity contribution is 5.18. The molecule has 0 amide bonds. The number of hydrogen-bond acceptors (Lipinski definition) is 3. The summed E-state index contributed by atoms with van der Waals surface area (Å²) in [6, 6.07) is 3.36. The number of halogens is 2. The van der Waals surface area contributed by atoms with Gasteiger partial charge in [0.05, 0.1) is 19.8 Å². The minimum absolute atomic E-state index is 0.0154. The summed E-state index contributed by atoms with van der Waals surface area (Å²) in [7, 11) is 0. The van der Waals surface area contributed by atoms with E-state index in [1.54, 1.807) is 0 Å². The highest BCUT2D eigenvalue weighted by Crippen LogP contribution is 2.08. The molecule has 0 aliphatic rings. The van der Waals surface area contributed by atoms with Crippen molar-refractivity contribution >= 4 is 0 Å². The third kappa shape index (κ3) is 4.65. The second kappa shape index (κ2) is 7.27. The second-order valence-electron chi connectivity index (χ2n) is 3.25. The van der Waals surface area contributed by atoms with Crippen LogP contribution in [-0.2, 0) is 11.3 Å². The van der Waals surface area contributed by atoms with Crippen molar-refractivity contribution in [3.63, 3.8) is 0 Å². The van der Waals surface area contributed by atoms with Gasteiger partial charge in [-0.3, -0.25) is 0 Å². The highest BCUT2D eigenvalue weighted by Gasteiger charge is 2.02. The lowest BCUT2D eigenvalue weighted by Crippen LogP contribution is -2.20. The molecule has 5 heteroatoms. The molecule has 0 spiro atoms. The van der Waals surface area contributed by atoms with Gasteiger partial charge in [-0.15, -0.1) is 0 Å². The van der Waals surface area contributed by atoms with Crippen LogP contribution in [-0.4, -0.2) is 31.5 Å². The molecule has 90 valence electrons. The predicted molar refractivity (Wildman–Crippen MR) is 56.0 cm³/mol. The van der Waals surface area contributed by atoms with Crippen LogP contribution in [0.1, 0.15) is 5.56 Å². The molecule has 1 aromatic rings. The van der Waals surface area contributed by atoms with Crippen LogP contribution in [0.15, 0.2) is 18.2 Å². The molecule has 0 aliphatic carbocycles. The Morgan fingerprint density at radius 2 is 2.06 bits per heavy atom. The fourth-order valence-electron chi connectivity index (χ4n) is 1.21. The van der Waals surface area contributed by atoms with Gasteiger partial charge in [0.15, 0.2) is 0 Å². The summed E-state index contributed by atoms with van der Waals surface area (Å²) in [6.07, 6.45) is 0. The molecule has 1 rings (SSSR count). The van der Waals surface area contributed by atoms with Gasteiger partial charge >= 0.3 is 0 Å². The minimum Gasteiger partial charge on any atom is -0.394 e. The average Bonchev–Trinajstić information content (AvgIpc) is 2.28. The second-order valence-corrected chi connectivity index (χ2v) is 3.25. The summed E-state index contributed by atoms with van der Waals surface area (Å²) in [5, 5.41) is 11.3. The Morgan fingerprint density at radius 1 is 1.25 bits per heavy atom. The monoisotopic (exact) mass is 231 g/mol. The smallest absolute Gasteiger partial charge is 0.127 e. The lowest BCUT2D eigenvalue weighted by Gasteiger charge is -2.06. The Bertz CT molecular complexity index is 321. The molecule has 0 unspecified atom stereocenters. The van der Waals surface area contributed by atoms with Gasteiger partial charge in [0, 0.05) is 18.7 Å². The number of benzene rings is 1. The molecule has 0 saturated heterocycles. The van der Waals surface area contributed by atoms with Crippen molar-refractivity contribution in [3.8, 4) is 0 Å². The first-order chi connectivity index (χ1) is 7.74. The molecule has 0 radical (unpaired) electrons. The molecule has 0 heterocycles. The zero-order valence-corrected chi connectivity index (χ0v) is 8.88. The maximum atomic E-state index is 13.1. The van der Waals surface area contributed by atoms with E-state index in [-0.39, 0.29) is 19.8 Å². The Hall–Kier alpha value is -1.04. The number of nitrogens with one attached hydrogen (secondary N) is 1. The summed E-state index contributed by atoms with van der Waals surface area (Å²) in [5.41, 5.74) is 0.294. The van der Waals surface area contributed by atoms with E-state index in [0.29, 0.717) is 18.7 Å². The number of ether oxygens (including phenoxy) is 1. The molecule has 0 aliphatic heterocycles. The van der Waals surface area contributed by atoms with Gasteiger partial charge in [0.25, 0.3) is 0 Å². The first kappa shape index (κ1) is 13.0. The van der Waals surface area contributed by atoms with Crippen LogP contribution in [0.25, 0.3) is 0 Å². The van der Waals surface area contributed by atoms with E-state index in [4.69, 9.17) is 9.84 Å². The topological polar surface area (TPSA) is 41.5 Å². The summed E-state index contributed by atoms with van der Waals surface area (Å²) < 4.78 is 30.9. The van der Waals surface area contributed by atoms with E-state index in [2.05, 4.69) is 5.32 Å². The van der Waals surface area contributed by atoms with Crippen molar-refractivity contribution in [2.45, 2.75) is 6.54 Å². The summed E-state index contributed by atoms with van der Waals surface area (Å²) >= 11 is 0. The normalized spacial score (nSPS) is 10.7. The van der Waals surface area contributed by atoms with Crippen molar-refractivity contribution in [2.75, 3.05) is 26.4 Å². The van der Waals surface area contributed by atoms with Gasteiger partial charge in [0.1, 0.15) is 11.6 Å². The van der Waals surface area contributed by atoms with Gasteiger partial charge in [-0.1, -0.05) is 0 Å². The molecule has 2 N–H and O–H groups in total. The Kier molecular flexibility index (Phi) is 5.92. The van der Waals surface area contributed by atoms with Gasteiger partial charge in [-0.05, 0) is 18.2 Å². The van der Waals surface area contributed by atoms with Gasteiger partial charge < -0.3 is 15.2 Å². The van der Waals surface area contributed by atoms with Crippen LogP contribution < -0.4 is 5.32 Å². The summed E-state index contributed by atoms with van der Waals surface area (Å²) in [5.74, 6) is -0.875. The van der Waals surface area contributed by atoms with Crippen LogP contribution in [0.5, 0.6) is 0 Å². The van der Waals surface area contributed by atoms with Crippen LogP contribution in [0.2, 0.25) is 0 Å². The molecule has 16 heavy (non-hydrogen) atoms. The SMILES string of the molecule is OCCOCCNCc1cc(F)ccc1F. The van der Waals surface area contributed by atoms with E-state index in [1.165, 1.54) is 0 Å². The first-order valence-electron chi connectivity index (χ1n) is 5.07. The Labute approximate surface area is 93.0 Å². The van der Waals surface area contributed by atoms with Crippen molar-refractivity contribution in [3.05, 3.63) is 35.4 Å². The Balaban J connectivity index is 2.23. The molecule has 0 aromatic heterocycles. The Morgan fingerprint density at radius 3 is 2.81 bits per heavy atom. The number of aliphatic hydroxyl groups is 1. The van der Waals surface area contributed by atoms with E-state index >= 15 is 0 Å². The first-order valence-corrected chi connectivity index (χ1v) is 5.07. The summed E-state index contributed by atoms with van der Waals surface area (Å²) in [4.78, 5) is 0. The van der Waals surface area contributed by atoms with E-state index in [0.717, 1.165) is 18.2 Å². The lowest BCUT2D eigenvalue weighted by atomic mass is 10.2. The van der Waals surface area contributed by atoms with E-state index in [9.17, 15) is 8.78 Å². The maximum Gasteiger partial charge on any atom is 0.127 e. The zero-order valence-electron chi connectivity index (χ0n) is 8.88. The third-order valence-electron chi connectivity index (χ3n) is 1.98. The molecule has 0 bridgehead atoms. The standard InChI is InChI=1S/C11H15F2NO2/c12-10-1-2-11(13)9(7-10)8-14-3-5-16-6-4-15/h1-2,7,14-15H,3-6,8H2. The molecule has 0 fully saturated rings. The number of rotatable bonds is 7. The molecular formula is C11H15F2NO2. The zero-order chi connectivity index (χ0) is 11.8. The minimum atomic E-state index is -0.449. The molecule has 3 nitrogen and oxygen atoms in total. The fourth-order valence-corrected chi connectivity index (χ4v) is 1.21. The van der Waals surface area contributed by atoms with Crippen molar-refractivity contribution in [1.29, 1.82) is 0 Å². The van der Waals surface area contributed by atoms with Crippen molar-refractivity contribution in [1.82, 2.24) is 5.32 Å². The van der Waals surface area contributed by atoms with Crippen LogP contribution in [0.4, 0.5) is 8.78 Å².